The van der Waals surface area contributed by atoms with Gasteiger partial charge in [-0.2, -0.15) is 0 Å². The van der Waals surface area contributed by atoms with Gasteiger partial charge in [-0.25, -0.2) is 4.39 Å². The summed E-state index contributed by atoms with van der Waals surface area (Å²) in [6.45, 7) is 10.7. The molecule has 1 unspecified atom stereocenters. The maximum atomic E-state index is 13.6. The van der Waals surface area contributed by atoms with Gasteiger partial charge < -0.3 is 10.2 Å². The Kier molecular flexibility index (Phi) is 4.69. The molecule has 0 amide bonds. The fourth-order valence-corrected chi connectivity index (χ4v) is 3.22. The number of rotatable bonds is 4. The molecule has 2 nitrogen and oxygen atoms in total. The Bertz CT molecular complexity index is 454. The fourth-order valence-electron chi connectivity index (χ4n) is 3.22. The Morgan fingerprint density at radius 1 is 1.30 bits per heavy atom. The average molecular weight is 278 g/mol. The van der Waals surface area contributed by atoms with E-state index >= 15 is 0 Å². The van der Waals surface area contributed by atoms with E-state index in [2.05, 4.69) is 37.9 Å². The minimum Gasteiger partial charge on any atom is -0.365 e. The van der Waals surface area contributed by atoms with Crippen molar-refractivity contribution in [1.82, 2.24) is 5.32 Å². The van der Waals surface area contributed by atoms with Crippen molar-refractivity contribution in [3.05, 3.63) is 29.6 Å². The van der Waals surface area contributed by atoms with Gasteiger partial charge in [0.1, 0.15) is 5.82 Å². The second kappa shape index (κ2) is 6.13. The van der Waals surface area contributed by atoms with Crippen molar-refractivity contribution in [2.75, 3.05) is 18.0 Å². The fraction of sp³-hybridized carbons (Fsp3) is 0.647. The van der Waals surface area contributed by atoms with E-state index in [0.717, 1.165) is 43.6 Å². The quantitative estimate of drug-likeness (QED) is 0.899. The molecule has 1 aromatic carbocycles. The minimum absolute atomic E-state index is 0.141. The highest BCUT2D eigenvalue weighted by molar-refractivity contribution is 5.55. The number of anilines is 1. The van der Waals surface area contributed by atoms with Gasteiger partial charge in [-0.3, -0.25) is 0 Å². The third-order valence-corrected chi connectivity index (χ3v) is 4.93. The first-order chi connectivity index (χ1) is 9.55. The third kappa shape index (κ3) is 2.83. The SMILES string of the molecule is CCC1CNC(CC)(CC)CN1c1cc(F)ccc1C. The molecule has 1 saturated heterocycles. The minimum atomic E-state index is -0.141. The van der Waals surface area contributed by atoms with Gasteiger partial charge in [0.15, 0.2) is 0 Å². The number of benzene rings is 1. The van der Waals surface area contributed by atoms with Crippen LogP contribution in [0, 0.1) is 12.7 Å². The van der Waals surface area contributed by atoms with Crippen molar-refractivity contribution >= 4 is 5.69 Å². The summed E-state index contributed by atoms with van der Waals surface area (Å²) < 4.78 is 13.6. The Morgan fingerprint density at radius 2 is 2.00 bits per heavy atom. The lowest BCUT2D eigenvalue weighted by Crippen LogP contribution is -2.64. The standard InChI is InChI=1S/C17H27FN2/c1-5-15-11-19-17(6-2,7-3)12-20(15)16-10-14(18)9-8-13(16)4/h8-10,15,19H,5-7,11-12H2,1-4H3. The Balaban J connectivity index is 2.36. The first-order valence-corrected chi connectivity index (χ1v) is 7.83. The van der Waals surface area contributed by atoms with Crippen LogP contribution in [0.2, 0.25) is 0 Å². The highest BCUT2D eigenvalue weighted by Crippen LogP contribution is 2.31. The maximum absolute atomic E-state index is 13.6. The lowest BCUT2D eigenvalue weighted by molar-refractivity contribution is 0.246. The molecule has 1 heterocycles. The summed E-state index contributed by atoms with van der Waals surface area (Å²) in [6, 6.07) is 5.58. The molecule has 2 rings (SSSR count). The number of hydrogen-bond donors (Lipinski definition) is 1. The molecule has 1 fully saturated rings. The molecule has 1 aliphatic heterocycles. The van der Waals surface area contributed by atoms with Crippen LogP contribution in [0.5, 0.6) is 0 Å². The van der Waals surface area contributed by atoms with Crippen LogP contribution in [0.4, 0.5) is 10.1 Å². The van der Waals surface area contributed by atoms with Crippen LogP contribution >= 0.6 is 0 Å². The number of aryl methyl sites for hydroxylation is 1. The normalized spacial score (nSPS) is 22.1. The van der Waals surface area contributed by atoms with Crippen LogP contribution in [0.3, 0.4) is 0 Å². The summed E-state index contributed by atoms with van der Waals surface area (Å²) in [5.41, 5.74) is 2.38. The van der Waals surface area contributed by atoms with Crippen molar-refractivity contribution in [1.29, 1.82) is 0 Å². The van der Waals surface area contributed by atoms with Crippen molar-refractivity contribution in [3.8, 4) is 0 Å². The van der Waals surface area contributed by atoms with Crippen molar-refractivity contribution in [2.45, 2.75) is 58.5 Å². The van der Waals surface area contributed by atoms with Crippen LogP contribution in [0.25, 0.3) is 0 Å². The van der Waals surface area contributed by atoms with Gasteiger partial charge in [0.05, 0.1) is 0 Å². The second-order valence-electron chi connectivity index (χ2n) is 5.99. The van der Waals surface area contributed by atoms with Crippen molar-refractivity contribution in [3.63, 3.8) is 0 Å². The van der Waals surface area contributed by atoms with E-state index in [-0.39, 0.29) is 11.4 Å². The molecular weight excluding hydrogens is 251 g/mol. The highest BCUT2D eigenvalue weighted by Gasteiger charge is 2.36. The number of nitrogens with zero attached hydrogens (tertiary/aromatic N) is 1. The molecule has 1 aliphatic rings. The number of halogens is 1. The summed E-state index contributed by atoms with van der Waals surface area (Å²) in [6.07, 6.45) is 3.28. The van der Waals surface area contributed by atoms with Gasteiger partial charge in [-0.15, -0.1) is 0 Å². The summed E-state index contributed by atoms with van der Waals surface area (Å²) in [5, 5.41) is 3.73. The van der Waals surface area contributed by atoms with Crippen molar-refractivity contribution < 1.29 is 4.39 Å². The van der Waals surface area contributed by atoms with Gasteiger partial charge in [-0.1, -0.05) is 26.8 Å². The monoisotopic (exact) mass is 278 g/mol. The van der Waals surface area contributed by atoms with E-state index in [1.807, 2.05) is 6.07 Å². The maximum Gasteiger partial charge on any atom is 0.125 e. The van der Waals surface area contributed by atoms with Crippen LogP contribution in [-0.4, -0.2) is 24.7 Å². The number of piperazine rings is 1. The lowest BCUT2D eigenvalue weighted by atomic mass is 9.87. The number of nitrogens with one attached hydrogen (secondary N) is 1. The largest absolute Gasteiger partial charge is 0.365 e. The van der Waals surface area contributed by atoms with Gasteiger partial charge >= 0.3 is 0 Å². The molecule has 0 radical (unpaired) electrons. The van der Waals surface area contributed by atoms with Crippen LogP contribution in [0.1, 0.15) is 45.6 Å². The molecule has 1 N–H and O–H groups in total. The first-order valence-electron chi connectivity index (χ1n) is 7.83. The zero-order valence-electron chi connectivity index (χ0n) is 13.2. The number of hydrogen-bond acceptors (Lipinski definition) is 2. The summed E-state index contributed by atoms with van der Waals surface area (Å²) >= 11 is 0. The van der Waals surface area contributed by atoms with Gasteiger partial charge in [-0.05, 0) is 43.9 Å². The molecule has 1 atom stereocenters. The highest BCUT2D eigenvalue weighted by atomic mass is 19.1. The van der Waals surface area contributed by atoms with Crippen molar-refractivity contribution in [2.24, 2.45) is 0 Å². The smallest absolute Gasteiger partial charge is 0.125 e. The molecule has 0 bridgehead atoms. The molecule has 0 aromatic heterocycles. The molecular formula is C17H27FN2. The molecule has 20 heavy (non-hydrogen) atoms. The van der Waals surface area contributed by atoms with Crippen LogP contribution in [-0.2, 0) is 0 Å². The van der Waals surface area contributed by atoms with E-state index in [1.54, 1.807) is 12.1 Å². The summed E-state index contributed by atoms with van der Waals surface area (Å²) in [4.78, 5) is 2.42. The van der Waals surface area contributed by atoms with E-state index in [1.165, 1.54) is 0 Å². The first kappa shape index (κ1) is 15.3. The average Bonchev–Trinajstić information content (AvgIpc) is 2.49. The van der Waals surface area contributed by atoms with Gasteiger partial charge in [0, 0.05) is 30.4 Å². The topological polar surface area (TPSA) is 15.3 Å². The Hall–Kier alpha value is -1.09. The van der Waals surface area contributed by atoms with Gasteiger partial charge in [0.2, 0.25) is 0 Å². The van der Waals surface area contributed by atoms with Crippen LogP contribution in [0.15, 0.2) is 18.2 Å². The Morgan fingerprint density at radius 3 is 2.60 bits per heavy atom. The van der Waals surface area contributed by atoms with E-state index < -0.39 is 0 Å². The van der Waals surface area contributed by atoms with E-state index in [0.29, 0.717) is 6.04 Å². The molecule has 1 aromatic rings. The van der Waals surface area contributed by atoms with Crippen LogP contribution < -0.4 is 10.2 Å². The summed E-state index contributed by atoms with van der Waals surface area (Å²) in [7, 11) is 0. The Labute approximate surface area is 122 Å². The second-order valence-corrected chi connectivity index (χ2v) is 5.99. The van der Waals surface area contributed by atoms with E-state index in [9.17, 15) is 4.39 Å². The lowest BCUT2D eigenvalue weighted by Gasteiger charge is -2.49. The molecule has 112 valence electrons. The molecule has 3 heteroatoms. The molecule has 0 spiro atoms. The molecule has 0 aliphatic carbocycles. The van der Waals surface area contributed by atoms with Gasteiger partial charge in [0.25, 0.3) is 0 Å². The third-order valence-electron chi connectivity index (χ3n) is 4.93. The predicted octanol–water partition coefficient (Wildman–Crippen LogP) is 3.88. The zero-order chi connectivity index (χ0) is 14.8. The molecule has 0 saturated carbocycles. The summed E-state index contributed by atoms with van der Waals surface area (Å²) in [5.74, 6) is -0.141. The predicted molar refractivity (Wildman–Crippen MR) is 83.9 cm³/mol. The zero-order valence-corrected chi connectivity index (χ0v) is 13.2. The van der Waals surface area contributed by atoms with E-state index in [4.69, 9.17) is 0 Å².